The topological polar surface area (TPSA) is 161 Å². The number of ether oxygens (including phenoxy) is 1. The Bertz CT molecular complexity index is 3030. The van der Waals surface area contributed by atoms with Gasteiger partial charge in [0.2, 0.25) is 0 Å². The summed E-state index contributed by atoms with van der Waals surface area (Å²) in [4.78, 5) is 38.9. The number of nitrogens with one attached hydrogen (secondary N) is 3. The maximum atomic E-state index is 14.3. The van der Waals surface area contributed by atoms with Gasteiger partial charge in [0.05, 0.1) is 34.3 Å². The van der Waals surface area contributed by atoms with Gasteiger partial charge in [0.25, 0.3) is 21.6 Å². The zero-order valence-electron chi connectivity index (χ0n) is 43.6. The van der Waals surface area contributed by atoms with Gasteiger partial charge in [-0.1, -0.05) is 54.1 Å². The molecule has 1 atom stereocenters. The number of nitro groups is 1. The lowest BCUT2D eigenvalue weighted by Gasteiger charge is -2.37. The van der Waals surface area contributed by atoms with Crippen LogP contribution in [0.2, 0.25) is 5.02 Å². The summed E-state index contributed by atoms with van der Waals surface area (Å²) in [5, 5.41) is 19.8. The molecule has 0 radical (unpaired) electrons. The lowest BCUT2D eigenvalue weighted by molar-refractivity contribution is -0.384. The highest BCUT2D eigenvalue weighted by Gasteiger charge is 2.28. The smallest absolute Gasteiger partial charge is 0.293 e. The Kier molecular flexibility index (Phi) is 18.2. The minimum Gasteiger partial charge on any atom is -0.379 e. The summed E-state index contributed by atoms with van der Waals surface area (Å²) in [5.41, 5.74) is 7.62. The second kappa shape index (κ2) is 25.4. The number of likely N-dealkylation sites (N-methyl/N-ethyl adjacent to an activating group) is 1. The molecule has 9 rings (SSSR count). The van der Waals surface area contributed by atoms with Crippen LogP contribution >= 0.6 is 23.4 Å². The molecule has 0 saturated carbocycles. The Hall–Kier alpha value is -6.12. The van der Waals surface area contributed by atoms with Crippen LogP contribution in [0, 0.1) is 17.0 Å². The predicted molar refractivity (Wildman–Crippen MR) is 308 cm³/mol. The van der Waals surface area contributed by atoms with E-state index >= 15 is 0 Å². The van der Waals surface area contributed by atoms with Crippen LogP contribution in [0.1, 0.15) is 28.9 Å². The molecule has 3 aliphatic rings. The maximum Gasteiger partial charge on any atom is 0.293 e. The molecule has 3 aliphatic heterocycles. The lowest BCUT2D eigenvalue weighted by atomic mass is 9.95. The number of hydrogen-bond donors (Lipinski definition) is 3. The molecule has 0 spiro atoms. The van der Waals surface area contributed by atoms with Gasteiger partial charge in [0, 0.05) is 142 Å². The van der Waals surface area contributed by atoms with Crippen LogP contribution in [-0.4, -0.2) is 156 Å². The minimum absolute atomic E-state index is 0.0840. The number of piperazine rings is 2. The van der Waals surface area contributed by atoms with Crippen molar-refractivity contribution in [2.75, 3.05) is 131 Å². The molecule has 19 heteroatoms. The summed E-state index contributed by atoms with van der Waals surface area (Å²) in [7, 11) is -0.0105. The van der Waals surface area contributed by atoms with Crippen LogP contribution < -0.4 is 25.2 Å². The van der Waals surface area contributed by atoms with E-state index in [1.54, 1.807) is 23.9 Å². The number of hydrogen-bond acceptors (Lipinski definition) is 13. The van der Waals surface area contributed by atoms with Crippen molar-refractivity contribution in [3.05, 3.63) is 148 Å². The van der Waals surface area contributed by atoms with Gasteiger partial charge in [-0.3, -0.25) is 24.5 Å². The first kappa shape index (κ1) is 54.7. The van der Waals surface area contributed by atoms with E-state index in [2.05, 4.69) is 75.7 Å². The third-order valence-electron chi connectivity index (χ3n) is 14.8. The molecule has 402 valence electrons. The number of halogens is 1. The second-order valence-corrected chi connectivity index (χ2v) is 23.0. The number of nitrogens with zero attached hydrogens (tertiary/aromatic N) is 7. The molecular formula is C57H69ClN10O6S2. The predicted octanol–water partition coefficient (Wildman–Crippen LogP) is 9.02. The van der Waals surface area contributed by atoms with Gasteiger partial charge >= 0.3 is 0 Å². The third-order valence-corrected chi connectivity index (χ3v) is 17.6. The zero-order valence-corrected chi connectivity index (χ0v) is 46.0. The molecule has 1 aromatic heterocycles. The number of morpholine rings is 1. The van der Waals surface area contributed by atoms with Crippen LogP contribution in [0.25, 0.3) is 22.4 Å². The van der Waals surface area contributed by atoms with E-state index in [9.17, 15) is 23.3 Å². The lowest BCUT2D eigenvalue weighted by Crippen LogP contribution is -2.46. The van der Waals surface area contributed by atoms with Crippen LogP contribution in [-0.2, 0) is 21.8 Å². The number of sulfonamides is 1. The SMILES string of the molecule is Cc1c(C(=O)NCCCN2CCN(C)CC2)c(-c2cccc(N3CCN(c4ccc(NS(=O)(=O)c5ccc(NC(CCN6CCOCC6)CSc6ccccc6)c([N+](=O)[O-])c5)cc4)CC3)c2)c(-c2ccc(Cl)cc2)n1C. The number of nitro benzene ring substituents is 1. The highest BCUT2D eigenvalue weighted by molar-refractivity contribution is 7.99. The average molecular weight is 1090 g/mol. The number of benzene rings is 5. The molecule has 76 heavy (non-hydrogen) atoms. The van der Waals surface area contributed by atoms with Gasteiger partial charge in [-0.25, -0.2) is 8.42 Å². The Morgan fingerprint density at radius 1 is 0.763 bits per heavy atom. The van der Waals surface area contributed by atoms with Crippen molar-refractivity contribution in [1.29, 1.82) is 0 Å². The Balaban J connectivity index is 0.844. The van der Waals surface area contributed by atoms with Gasteiger partial charge in [0.1, 0.15) is 5.69 Å². The summed E-state index contributed by atoms with van der Waals surface area (Å²) in [6.07, 6.45) is 1.61. The largest absolute Gasteiger partial charge is 0.379 e. The summed E-state index contributed by atoms with van der Waals surface area (Å²) < 4.78 is 37.8. The van der Waals surface area contributed by atoms with E-state index in [1.165, 1.54) is 12.1 Å². The number of aromatic nitrogens is 1. The highest BCUT2D eigenvalue weighted by Crippen LogP contribution is 2.41. The van der Waals surface area contributed by atoms with Gasteiger partial charge in [-0.05, 0) is 117 Å². The number of anilines is 4. The molecule has 3 fully saturated rings. The van der Waals surface area contributed by atoms with Gasteiger partial charge < -0.3 is 39.5 Å². The van der Waals surface area contributed by atoms with Gasteiger partial charge in [-0.15, -0.1) is 11.8 Å². The molecule has 3 N–H and O–H groups in total. The van der Waals surface area contributed by atoms with Crippen molar-refractivity contribution < 1.29 is 22.9 Å². The number of thioether (sulfide) groups is 1. The zero-order chi connectivity index (χ0) is 53.2. The quantitative estimate of drug-likeness (QED) is 0.0272. The van der Waals surface area contributed by atoms with Crippen LogP contribution in [0.5, 0.6) is 0 Å². The average Bonchev–Trinajstić information content (AvgIpc) is 3.75. The van der Waals surface area contributed by atoms with E-state index in [1.807, 2.05) is 80.7 Å². The molecule has 5 aromatic carbocycles. The molecule has 3 saturated heterocycles. The van der Waals surface area contributed by atoms with Crippen LogP contribution in [0.15, 0.2) is 131 Å². The molecule has 4 heterocycles. The molecule has 0 aliphatic carbocycles. The van der Waals surface area contributed by atoms with Crippen molar-refractivity contribution in [2.24, 2.45) is 7.05 Å². The number of carbonyl (C=O) groups excluding carboxylic acids is 1. The number of rotatable bonds is 21. The Morgan fingerprint density at radius 3 is 2.14 bits per heavy atom. The van der Waals surface area contributed by atoms with E-state index in [-0.39, 0.29) is 28.2 Å². The summed E-state index contributed by atoms with van der Waals surface area (Å²) in [5.74, 6) is 0.578. The van der Waals surface area contributed by atoms with Crippen LogP contribution in [0.4, 0.5) is 28.4 Å². The van der Waals surface area contributed by atoms with Crippen LogP contribution in [0.3, 0.4) is 0 Å². The second-order valence-electron chi connectivity index (χ2n) is 19.8. The fourth-order valence-corrected chi connectivity index (χ4v) is 12.4. The Morgan fingerprint density at radius 2 is 1.45 bits per heavy atom. The van der Waals surface area contributed by atoms with Crippen molar-refractivity contribution in [2.45, 2.75) is 35.6 Å². The Labute approximate surface area is 456 Å². The first-order valence-corrected chi connectivity index (χ1v) is 29.0. The third kappa shape index (κ3) is 13.7. The molecule has 16 nitrogen and oxygen atoms in total. The standard InChI is InChI=1S/C57H69ClN10O6S2/c1-42-54(57(69)59-24-8-25-64-29-27-62(2)28-30-64)55(56(63(42)3)43-13-15-45(58)16-14-43)44-9-7-10-49(39-44)67-33-31-66(32-34-67)48-19-17-46(18-20-48)61-76(72,73)51-21-22-52(53(40-51)68(70)71)60-47(23-26-65-35-37-74-38-36-65)41-75-50-11-5-4-6-12-50/h4-7,9-22,39-40,47,60-61H,8,23-38,41H2,1-3H3,(H,59,69). The summed E-state index contributed by atoms with van der Waals surface area (Å²) in [6.45, 7) is 14.5. The first-order valence-electron chi connectivity index (χ1n) is 26.2. The summed E-state index contributed by atoms with van der Waals surface area (Å²) in [6, 6.07) is 37.4. The fraction of sp³-hybridized carbons (Fsp3) is 0.386. The van der Waals surface area contributed by atoms with Crippen molar-refractivity contribution >= 4 is 67.7 Å². The van der Waals surface area contributed by atoms with E-state index in [0.717, 1.165) is 142 Å². The normalized spacial score (nSPS) is 16.4. The van der Waals surface area contributed by atoms with E-state index in [0.29, 0.717) is 41.8 Å². The number of amides is 1. The fourth-order valence-electron chi connectivity index (χ4n) is 10.3. The first-order chi connectivity index (χ1) is 36.8. The number of carbonyl (C=O) groups is 1. The van der Waals surface area contributed by atoms with Crippen molar-refractivity contribution in [1.82, 2.24) is 24.6 Å². The monoisotopic (exact) mass is 1090 g/mol. The minimum atomic E-state index is -4.18. The molecule has 1 unspecified atom stereocenters. The molecule has 0 bridgehead atoms. The van der Waals surface area contributed by atoms with Crippen molar-refractivity contribution in [3.8, 4) is 22.4 Å². The van der Waals surface area contributed by atoms with Gasteiger partial charge in [0.15, 0.2) is 0 Å². The van der Waals surface area contributed by atoms with Crippen molar-refractivity contribution in [3.63, 3.8) is 0 Å². The van der Waals surface area contributed by atoms with E-state index in [4.69, 9.17) is 16.3 Å². The summed E-state index contributed by atoms with van der Waals surface area (Å²) >= 11 is 8.03. The highest BCUT2D eigenvalue weighted by atomic mass is 35.5. The molecular weight excluding hydrogens is 1020 g/mol. The van der Waals surface area contributed by atoms with E-state index < -0.39 is 14.9 Å². The molecule has 1 amide bonds. The molecule has 6 aromatic rings. The van der Waals surface area contributed by atoms with Gasteiger partial charge in [-0.2, -0.15) is 0 Å². The maximum absolute atomic E-state index is 14.3.